The molecule has 3 nitrogen and oxygen atoms in total. The molecule has 1 amide bonds. The van der Waals surface area contributed by atoms with E-state index in [9.17, 15) is 14.0 Å². The summed E-state index contributed by atoms with van der Waals surface area (Å²) in [5.41, 5.74) is 1.58. The van der Waals surface area contributed by atoms with Gasteiger partial charge in [-0.05, 0) is 37.6 Å². The average Bonchev–Trinajstić information content (AvgIpc) is 2.85. The Bertz CT molecular complexity index is 706. The first kappa shape index (κ1) is 17.3. The van der Waals surface area contributed by atoms with Crippen LogP contribution in [-0.4, -0.2) is 23.6 Å². The summed E-state index contributed by atoms with van der Waals surface area (Å²) in [6, 6.07) is 7.94. The molecule has 2 aromatic rings. The van der Waals surface area contributed by atoms with E-state index in [4.69, 9.17) is 0 Å². The molecule has 0 radical (unpaired) electrons. The highest BCUT2D eigenvalue weighted by Gasteiger charge is 2.16. The number of Topliss-reactive ketones (excluding diaryl/α,β-unsaturated/α-hetero) is 1. The fourth-order valence-corrected chi connectivity index (χ4v) is 3.35. The van der Waals surface area contributed by atoms with E-state index in [0.717, 1.165) is 20.9 Å². The molecule has 0 aliphatic carbocycles. The predicted molar refractivity (Wildman–Crippen MR) is 90.2 cm³/mol. The molecule has 0 bridgehead atoms. The number of benzene rings is 1. The van der Waals surface area contributed by atoms with Crippen molar-refractivity contribution >= 4 is 23.0 Å². The molecule has 0 fully saturated rings. The maximum Gasteiger partial charge on any atom is 0.223 e. The summed E-state index contributed by atoms with van der Waals surface area (Å²) in [6.07, 6.45) is 0.397. The molecule has 23 heavy (non-hydrogen) atoms. The van der Waals surface area contributed by atoms with E-state index in [1.54, 1.807) is 35.4 Å². The number of halogens is 1. The van der Waals surface area contributed by atoms with Crippen LogP contribution in [0.4, 0.5) is 4.39 Å². The van der Waals surface area contributed by atoms with E-state index >= 15 is 0 Å². The van der Waals surface area contributed by atoms with Gasteiger partial charge < -0.3 is 4.90 Å². The van der Waals surface area contributed by atoms with Crippen molar-refractivity contribution in [3.63, 3.8) is 0 Å². The zero-order chi connectivity index (χ0) is 17.0. The number of thiophene rings is 1. The summed E-state index contributed by atoms with van der Waals surface area (Å²) in [5, 5.41) is 0. The van der Waals surface area contributed by atoms with Gasteiger partial charge in [0.1, 0.15) is 5.82 Å². The Morgan fingerprint density at radius 3 is 2.35 bits per heavy atom. The molecule has 0 aliphatic heterocycles. The van der Waals surface area contributed by atoms with Crippen LogP contribution < -0.4 is 0 Å². The summed E-state index contributed by atoms with van der Waals surface area (Å²) >= 11 is 1.59. The molecule has 0 spiro atoms. The Labute approximate surface area is 139 Å². The molecule has 2 rings (SSSR count). The molecular formula is C18H20FNO2S. The Morgan fingerprint density at radius 2 is 1.78 bits per heavy atom. The lowest BCUT2D eigenvalue weighted by molar-refractivity contribution is -0.130. The molecule has 0 N–H and O–H groups in total. The SMILES string of the molecule is Cc1cc(C(=O)CCC(=O)N(C)Cc2ccc(F)cc2)c(C)s1. The normalized spacial score (nSPS) is 10.6. The van der Waals surface area contributed by atoms with Crippen molar-refractivity contribution < 1.29 is 14.0 Å². The number of nitrogens with zero attached hydrogens (tertiary/aromatic N) is 1. The number of carbonyl (C=O) groups is 2. The first-order valence-corrected chi connectivity index (χ1v) is 8.27. The first-order valence-electron chi connectivity index (χ1n) is 7.45. The summed E-state index contributed by atoms with van der Waals surface area (Å²) in [4.78, 5) is 28.0. The third-order valence-corrected chi connectivity index (χ3v) is 4.63. The molecular weight excluding hydrogens is 313 g/mol. The zero-order valence-corrected chi connectivity index (χ0v) is 14.4. The molecule has 0 atom stereocenters. The third kappa shape index (κ3) is 4.73. The number of aryl methyl sites for hydroxylation is 2. The van der Waals surface area contributed by atoms with Gasteiger partial charge in [-0.1, -0.05) is 12.1 Å². The average molecular weight is 333 g/mol. The van der Waals surface area contributed by atoms with E-state index in [-0.39, 0.29) is 30.3 Å². The second-order valence-electron chi connectivity index (χ2n) is 5.63. The van der Waals surface area contributed by atoms with Crippen molar-refractivity contribution in [2.75, 3.05) is 7.05 Å². The van der Waals surface area contributed by atoms with E-state index in [2.05, 4.69) is 0 Å². The van der Waals surface area contributed by atoms with Crippen LogP contribution in [0.5, 0.6) is 0 Å². The standard InChI is InChI=1S/C18H20FNO2S/c1-12-10-16(13(2)23-12)17(21)8-9-18(22)20(3)11-14-4-6-15(19)7-5-14/h4-7,10H,8-9,11H2,1-3H3. The van der Waals surface area contributed by atoms with Gasteiger partial charge >= 0.3 is 0 Å². The second kappa shape index (κ2) is 7.51. The van der Waals surface area contributed by atoms with Gasteiger partial charge in [0.2, 0.25) is 5.91 Å². The first-order chi connectivity index (χ1) is 10.9. The lowest BCUT2D eigenvalue weighted by Gasteiger charge is -2.17. The van der Waals surface area contributed by atoms with Crippen LogP contribution in [0.1, 0.15) is 38.5 Å². The molecule has 5 heteroatoms. The molecule has 1 heterocycles. The van der Waals surface area contributed by atoms with Gasteiger partial charge in [-0.15, -0.1) is 11.3 Å². The Hall–Kier alpha value is -2.01. The largest absolute Gasteiger partial charge is 0.341 e. The number of rotatable bonds is 6. The molecule has 0 saturated heterocycles. The van der Waals surface area contributed by atoms with Gasteiger partial charge in [0.15, 0.2) is 5.78 Å². The minimum absolute atomic E-state index is 0.00961. The van der Waals surface area contributed by atoms with Crippen molar-refractivity contribution in [1.82, 2.24) is 4.90 Å². The fourth-order valence-electron chi connectivity index (χ4n) is 2.41. The van der Waals surface area contributed by atoms with Crippen LogP contribution in [0.3, 0.4) is 0 Å². The monoisotopic (exact) mass is 333 g/mol. The molecule has 122 valence electrons. The van der Waals surface area contributed by atoms with Crippen molar-refractivity contribution in [3.05, 3.63) is 57.0 Å². The molecule has 0 saturated carbocycles. The lowest BCUT2D eigenvalue weighted by atomic mass is 10.1. The number of hydrogen-bond donors (Lipinski definition) is 0. The fraction of sp³-hybridized carbons (Fsp3) is 0.333. The Kier molecular flexibility index (Phi) is 5.66. The quantitative estimate of drug-likeness (QED) is 0.746. The van der Waals surface area contributed by atoms with Crippen LogP contribution in [-0.2, 0) is 11.3 Å². The van der Waals surface area contributed by atoms with Crippen molar-refractivity contribution in [2.45, 2.75) is 33.2 Å². The van der Waals surface area contributed by atoms with Crippen LogP contribution in [0.25, 0.3) is 0 Å². The van der Waals surface area contributed by atoms with Gasteiger partial charge in [-0.3, -0.25) is 9.59 Å². The lowest BCUT2D eigenvalue weighted by Crippen LogP contribution is -2.26. The van der Waals surface area contributed by atoms with E-state index in [1.807, 2.05) is 19.9 Å². The number of ketones is 1. The summed E-state index contributed by atoms with van der Waals surface area (Å²) in [6.45, 7) is 4.30. The molecule has 1 aromatic carbocycles. The number of carbonyl (C=O) groups excluding carboxylic acids is 2. The van der Waals surface area contributed by atoms with E-state index < -0.39 is 0 Å². The van der Waals surface area contributed by atoms with Crippen molar-refractivity contribution in [2.24, 2.45) is 0 Å². The van der Waals surface area contributed by atoms with Gasteiger partial charge in [0, 0.05) is 41.8 Å². The minimum Gasteiger partial charge on any atom is -0.341 e. The van der Waals surface area contributed by atoms with E-state index in [0.29, 0.717) is 6.54 Å². The van der Waals surface area contributed by atoms with Gasteiger partial charge in [0.05, 0.1) is 0 Å². The van der Waals surface area contributed by atoms with Crippen LogP contribution in [0, 0.1) is 19.7 Å². The topological polar surface area (TPSA) is 37.4 Å². The number of hydrogen-bond acceptors (Lipinski definition) is 3. The minimum atomic E-state index is -0.297. The third-order valence-electron chi connectivity index (χ3n) is 3.67. The van der Waals surface area contributed by atoms with Crippen LogP contribution >= 0.6 is 11.3 Å². The van der Waals surface area contributed by atoms with Gasteiger partial charge in [-0.2, -0.15) is 0 Å². The van der Waals surface area contributed by atoms with Crippen molar-refractivity contribution in [1.29, 1.82) is 0 Å². The molecule has 0 aliphatic rings. The molecule has 1 aromatic heterocycles. The molecule has 0 unspecified atom stereocenters. The predicted octanol–water partition coefficient (Wildman–Crippen LogP) is 4.13. The summed E-state index contributed by atoms with van der Waals surface area (Å²) in [7, 11) is 1.69. The van der Waals surface area contributed by atoms with E-state index in [1.165, 1.54) is 12.1 Å². The summed E-state index contributed by atoms with van der Waals surface area (Å²) in [5.74, 6) is -0.377. The van der Waals surface area contributed by atoms with Gasteiger partial charge in [-0.25, -0.2) is 4.39 Å². The summed E-state index contributed by atoms with van der Waals surface area (Å²) < 4.78 is 12.9. The van der Waals surface area contributed by atoms with Gasteiger partial charge in [0.25, 0.3) is 0 Å². The van der Waals surface area contributed by atoms with Crippen molar-refractivity contribution in [3.8, 4) is 0 Å². The zero-order valence-electron chi connectivity index (χ0n) is 13.6. The maximum absolute atomic E-state index is 12.9. The maximum atomic E-state index is 12.9. The second-order valence-corrected chi connectivity index (χ2v) is 7.09. The Balaban J connectivity index is 1.87. The number of amides is 1. The van der Waals surface area contributed by atoms with Crippen LogP contribution in [0.15, 0.2) is 30.3 Å². The highest BCUT2D eigenvalue weighted by atomic mass is 32.1. The smallest absolute Gasteiger partial charge is 0.223 e. The Morgan fingerprint density at radius 1 is 1.13 bits per heavy atom. The van der Waals surface area contributed by atoms with Crippen LogP contribution in [0.2, 0.25) is 0 Å². The highest BCUT2D eigenvalue weighted by molar-refractivity contribution is 7.12. The highest BCUT2D eigenvalue weighted by Crippen LogP contribution is 2.22.